The Kier molecular flexibility index (Phi) is 5.01. The van der Waals surface area contributed by atoms with Crippen molar-refractivity contribution in [3.8, 4) is 0 Å². The molecule has 0 unspecified atom stereocenters. The second kappa shape index (κ2) is 7.38. The maximum atomic E-state index is 13.2. The predicted octanol–water partition coefficient (Wildman–Crippen LogP) is 1.86. The first-order chi connectivity index (χ1) is 15.3. The van der Waals surface area contributed by atoms with E-state index in [1.807, 2.05) is 0 Å². The van der Waals surface area contributed by atoms with Crippen LogP contribution in [0.2, 0.25) is 0 Å². The smallest absolute Gasteiger partial charge is 0.296 e. The summed E-state index contributed by atoms with van der Waals surface area (Å²) in [5, 5.41) is 2.66. The minimum atomic E-state index is -4.92. The Bertz CT molecular complexity index is 1600. The summed E-state index contributed by atoms with van der Waals surface area (Å²) in [4.78, 5) is 24.9. The molecule has 1 aliphatic carbocycles. The Morgan fingerprint density at radius 3 is 1.82 bits per heavy atom. The lowest BCUT2D eigenvalue weighted by Crippen LogP contribution is -2.25. The number of hydrogen-bond acceptors (Lipinski definition) is 9. The Morgan fingerprint density at radius 2 is 1.27 bits per heavy atom. The van der Waals surface area contributed by atoms with Crippen molar-refractivity contribution in [3.63, 3.8) is 0 Å². The van der Waals surface area contributed by atoms with Crippen molar-refractivity contribution in [2.45, 2.75) is 9.79 Å². The Balaban J connectivity index is 2.01. The molecule has 33 heavy (non-hydrogen) atoms. The van der Waals surface area contributed by atoms with Gasteiger partial charge in [0.15, 0.2) is 11.6 Å². The van der Waals surface area contributed by atoms with E-state index in [-0.39, 0.29) is 33.8 Å². The third-order valence-electron chi connectivity index (χ3n) is 5.05. The molecule has 170 valence electrons. The van der Waals surface area contributed by atoms with E-state index < -0.39 is 52.8 Å². The standard InChI is InChI=1S/C20H15N3O8S2/c21-12-6-5-9(7-14(12)32(26,27)28)23-13-8-15(33(29,30)31)18(22)17-16(13)19(24)10-3-1-2-4-11(10)20(17)25/h1-8,23H,21-22H2,(H,26,27,28)(H,29,30,31). The molecule has 0 heterocycles. The van der Waals surface area contributed by atoms with Gasteiger partial charge in [0.2, 0.25) is 0 Å². The molecule has 0 radical (unpaired) electrons. The van der Waals surface area contributed by atoms with Crippen molar-refractivity contribution < 1.29 is 35.5 Å². The third kappa shape index (κ3) is 3.72. The van der Waals surface area contributed by atoms with E-state index in [2.05, 4.69) is 5.32 Å². The van der Waals surface area contributed by atoms with Gasteiger partial charge < -0.3 is 16.8 Å². The maximum Gasteiger partial charge on any atom is 0.296 e. The molecule has 0 amide bonds. The van der Waals surface area contributed by atoms with Crippen molar-refractivity contribution in [1.29, 1.82) is 0 Å². The summed E-state index contributed by atoms with van der Waals surface area (Å²) in [6.07, 6.45) is 0. The summed E-state index contributed by atoms with van der Waals surface area (Å²) in [5.41, 5.74) is 9.69. The topological polar surface area (TPSA) is 207 Å². The molecule has 0 aliphatic heterocycles. The normalized spacial score (nSPS) is 13.4. The fraction of sp³-hybridized carbons (Fsp3) is 0. The number of benzene rings is 3. The van der Waals surface area contributed by atoms with Crippen LogP contribution in [0.4, 0.5) is 22.7 Å². The van der Waals surface area contributed by atoms with Crippen LogP contribution in [0.1, 0.15) is 31.8 Å². The molecule has 0 atom stereocenters. The fourth-order valence-corrected chi connectivity index (χ4v) is 4.89. The van der Waals surface area contributed by atoms with E-state index in [0.29, 0.717) is 0 Å². The highest BCUT2D eigenvalue weighted by Crippen LogP contribution is 2.40. The second-order valence-electron chi connectivity index (χ2n) is 7.12. The molecule has 3 aromatic rings. The molecule has 4 rings (SSSR count). The summed E-state index contributed by atoms with van der Waals surface area (Å²) in [7, 11) is -9.63. The summed E-state index contributed by atoms with van der Waals surface area (Å²) in [6.45, 7) is 0. The van der Waals surface area contributed by atoms with E-state index in [9.17, 15) is 35.5 Å². The average Bonchev–Trinajstić information content (AvgIpc) is 2.72. The summed E-state index contributed by atoms with van der Waals surface area (Å²) >= 11 is 0. The monoisotopic (exact) mass is 489 g/mol. The Labute approximate surface area is 187 Å². The van der Waals surface area contributed by atoms with Crippen LogP contribution < -0.4 is 16.8 Å². The van der Waals surface area contributed by atoms with Crippen LogP contribution in [0, 0.1) is 0 Å². The number of ketones is 2. The maximum absolute atomic E-state index is 13.2. The molecule has 7 N–H and O–H groups in total. The molecule has 1 aliphatic rings. The van der Waals surface area contributed by atoms with E-state index in [4.69, 9.17) is 11.5 Å². The van der Waals surface area contributed by atoms with Gasteiger partial charge in [-0.3, -0.25) is 18.7 Å². The molecule has 11 nitrogen and oxygen atoms in total. The van der Waals surface area contributed by atoms with Gasteiger partial charge in [0.05, 0.1) is 28.2 Å². The fourth-order valence-electron chi connectivity index (χ4n) is 3.60. The molecule has 0 bridgehead atoms. The Morgan fingerprint density at radius 1 is 0.727 bits per heavy atom. The lowest BCUT2D eigenvalue weighted by Gasteiger charge is -2.23. The first kappa shape index (κ1) is 22.4. The van der Waals surface area contributed by atoms with E-state index in [1.165, 1.54) is 30.3 Å². The molecule has 0 saturated heterocycles. The number of carbonyl (C=O) groups excluding carboxylic acids is 2. The number of fused-ring (bicyclic) bond motifs is 2. The number of rotatable bonds is 4. The quantitative estimate of drug-likeness (QED) is 0.206. The van der Waals surface area contributed by atoms with E-state index >= 15 is 0 Å². The first-order valence-electron chi connectivity index (χ1n) is 9.07. The van der Waals surface area contributed by atoms with Gasteiger partial charge in [-0.15, -0.1) is 0 Å². The number of nitrogens with one attached hydrogen (secondary N) is 1. The van der Waals surface area contributed by atoms with Gasteiger partial charge in [-0.25, -0.2) is 0 Å². The van der Waals surface area contributed by atoms with Gasteiger partial charge >= 0.3 is 0 Å². The minimum Gasteiger partial charge on any atom is -0.398 e. The van der Waals surface area contributed by atoms with Gasteiger partial charge in [0.25, 0.3) is 20.2 Å². The molecule has 0 saturated carbocycles. The molecule has 0 fully saturated rings. The summed E-state index contributed by atoms with van der Waals surface area (Å²) in [6, 6.07) is 10.1. The van der Waals surface area contributed by atoms with Crippen LogP contribution >= 0.6 is 0 Å². The van der Waals surface area contributed by atoms with Crippen LogP contribution in [0.15, 0.2) is 58.3 Å². The second-order valence-corrected chi connectivity index (χ2v) is 9.90. The number of anilines is 4. The van der Waals surface area contributed by atoms with Gasteiger partial charge in [-0.05, 0) is 24.3 Å². The molecular formula is C20H15N3O8S2. The highest BCUT2D eigenvalue weighted by atomic mass is 32.2. The van der Waals surface area contributed by atoms with Crippen molar-refractivity contribution >= 4 is 54.6 Å². The summed E-state index contributed by atoms with van der Waals surface area (Å²) in [5.74, 6) is -1.39. The van der Waals surface area contributed by atoms with Gasteiger partial charge in [-0.2, -0.15) is 16.8 Å². The molecule has 13 heteroatoms. The first-order valence-corrected chi connectivity index (χ1v) is 11.9. The highest BCUT2D eigenvalue weighted by Gasteiger charge is 2.36. The lowest BCUT2D eigenvalue weighted by molar-refractivity contribution is 0.0980. The van der Waals surface area contributed by atoms with Crippen LogP contribution in [-0.2, 0) is 20.2 Å². The van der Waals surface area contributed by atoms with Gasteiger partial charge in [0, 0.05) is 16.8 Å². The van der Waals surface area contributed by atoms with Crippen LogP contribution in [0.5, 0.6) is 0 Å². The SMILES string of the molecule is Nc1ccc(Nc2cc(S(=O)(=O)O)c(N)c3c2C(=O)c2ccccc2C3=O)cc1S(=O)(=O)O. The number of carbonyl (C=O) groups is 2. The van der Waals surface area contributed by atoms with Gasteiger partial charge in [0.1, 0.15) is 9.79 Å². The number of nitrogen functional groups attached to an aromatic ring is 2. The van der Waals surface area contributed by atoms with E-state index in [1.54, 1.807) is 0 Å². The lowest BCUT2D eigenvalue weighted by atomic mass is 9.82. The van der Waals surface area contributed by atoms with Crippen LogP contribution in [-0.4, -0.2) is 37.5 Å². The number of nitrogens with two attached hydrogens (primary N) is 2. The molecule has 0 spiro atoms. The predicted molar refractivity (Wildman–Crippen MR) is 118 cm³/mol. The minimum absolute atomic E-state index is 0.00119. The van der Waals surface area contributed by atoms with Crippen LogP contribution in [0.25, 0.3) is 0 Å². The number of hydrogen-bond donors (Lipinski definition) is 5. The van der Waals surface area contributed by atoms with Crippen molar-refractivity contribution in [1.82, 2.24) is 0 Å². The van der Waals surface area contributed by atoms with Gasteiger partial charge in [-0.1, -0.05) is 24.3 Å². The average molecular weight is 489 g/mol. The largest absolute Gasteiger partial charge is 0.398 e. The van der Waals surface area contributed by atoms with Crippen molar-refractivity contribution in [2.24, 2.45) is 0 Å². The molecular weight excluding hydrogens is 474 g/mol. The zero-order chi connectivity index (χ0) is 24.3. The van der Waals surface area contributed by atoms with Crippen LogP contribution in [0.3, 0.4) is 0 Å². The molecule has 3 aromatic carbocycles. The zero-order valence-corrected chi connectivity index (χ0v) is 18.1. The van der Waals surface area contributed by atoms with E-state index in [0.717, 1.165) is 18.2 Å². The molecule has 0 aromatic heterocycles. The zero-order valence-electron chi connectivity index (χ0n) is 16.4. The third-order valence-corrected chi connectivity index (χ3v) is 6.85. The Hall–Kier alpha value is -3.78. The van der Waals surface area contributed by atoms with Crippen molar-refractivity contribution in [2.75, 3.05) is 16.8 Å². The van der Waals surface area contributed by atoms with Crippen molar-refractivity contribution in [3.05, 3.63) is 70.8 Å². The highest BCUT2D eigenvalue weighted by molar-refractivity contribution is 7.86. The summed E-state index contributed by atoms with van der Waals surface area (Å²) < 4.78 is 66.0.